The van der Waals surface area contributed by atoms with E-state index in [1.54, 1.807) is 38.1 Å². The van der Waals surface area contributed by atoms with Gasteiger partial charge in [-0.15, -0.1) is 0 Å². The minimum Gasteiger partial charge on any atom is -0.388 e. The standard InChI is InChI=1S/C18H24F3N5O2S/c1-5-29(22,28)13-8-6-12(7-9-13)25-16-23-10-14(18(19,20)21)15(26-16)24-11(2)17(3,4)27/h5-11,27H,1-4H3,(H2,22,28)(H2,23,24,25,26). The third kappa shape index (κ3) is 5.81. The van der Waals surface area contributed by atoms with Crippen molar-refractivity contribution in [2.75, 3.05) is 10.6 Å². The Labute approximate surface area is 167 Å². The molecule has 2 atom stereocenters. The van der Waals surface area contributed by atoms with E-state index in [1.165, 1.54) is 19.2 Å². The minimum absolute atomic E-state index is 0.0771. The van der Waals surface area contributed by atoms with Gasteiger partial charge in [0.25, 0.3) is 0 Å². The summed E-state index contributed by atoms with van der Waals surface area (Å²) >= 11 is 0. The fourth-order valence-electron chi connectivity index (χ4n) is 2.16. The van der Waals surface area contributed by atoms with Gasteiger partial charge in [0.05, 0.1) is 21.4 Å². The van der Waals surface area contributed by atoms with E-state index >= 15 is 0 Å². The van der Waals surface area contributed by atoms with Crippen LogP contribution in [0.15, 0.2) is 35.4 Å². The zero-order valence-electron chi connectivity index (χ0n) is 16.4. The highest BCUT2D eigenvalue weighted by molar-refractivity contribution is 7.99. The lowest BCUT2D eigenvalue weighted by Crippen LogP contribution is -2.40. The van der Waals surface area contributed by atoms with Gasteiger partial charge in [-0.3, -0.25) is 5.14 Å². The molecule has 0 fully saturated rings. The van der Waals surface area contributed by atoms with Crippen LogP contribution in [0.1, 0.15) is 33.3 Å². The molecule has 1 aromatic heterocycles. The summed E-state index contributed by atoms with van der Waals surface area (Å²) in [6.07, 6.45) is -4.00. The first-order valence-electron chi connectivity index (χ1n) is 8.65. The number of alkyl halides is 3. The molecule has 5 N–H and O–H groups in total. The van der Waals surface area contributed by atoms with E-state index in [0.717, 1.165) is 0 Å². The zero-order chi connectivity index (χ0) is 22.0. The van der Waals surface area contributed by atoms with Gasteiger partial charge in [0.15, 0.2) is 0 Å². The molecule has 7 nitrogen and oxygen atoms in total. The van der Waals surface area contributed by atoms with Crippen molar-refractivity contribution in [1.29, 1.82) is 0 Å². The van der Waals surface area contributed by atoms with Gasteiger partial charge in [0, 0.05) is 16.8 Å². The Hall–Kier alpha value is -2.37. The van der Waals surface area contributed by atoms with Crippen LogP contribution in [0.25, 0.3) is 0 Å². The molecule has 0 bridgehead atoms. The maximum atomic E-state index is 13.3. The Kier molecular flexibility index (Phi) is 6.45. The molecular weight excluding hydrogens is 407 g/mol. The molecule has 0 saturated carbocycles. The Morgan fingerprint density at radius 2 is 1.83 bits per heavy atom. The molecule has 2 aromatic rings. The molecule has 0 aliphatic heterocycles. The van der Waals surface area contributed by atoms with E-state index in [4.69, 9.17) is 5.14 Å². The third-order valence-corrected chi connectivity index (χ3v) is 6.05. The van der Waals surface area contributed by atoms with Crippen molar-refractivity contribution in [1.82, 2.24) is 9.97 Å². The number of nitrogens with zero attached hydrogens (tertiary/aromatic N) is 2. The Bertz CT molecular complexity index is 978. The van der Waals surface area contributed by atoms with Gasteiger partial charge >= 0.3 is 6.18 Å². The van der Waals surface area contributed by atoms with Gasteiger partial charge in [0.1, 0.15) is 11.4 Å². The first-order valence-corrected chi connectivity index (χ1v) is 10.3. The highest BCUT2D eigenvalue weighted by Gasteiger charge is 2.36. The lowest BCUT2D eigenvalue weighted by Gasteiger charge is -2.28. The molecule has 0 radical (unpaired) electrons. The van der Waals surface area contributed by atoms with Crippen molar-refractivity contribution in [3.63, 3.8) is 0 Å². The van der Waals surface area contributed by atoms with E-state index in [2.05, 4.69) is 20.6 Å². The SMILES string of the molecule is CC=S(N)(=O)c1ccc(Nc2ncc(C(F)(F)F)c(NC(C)C(C)(C)O)n2)cc1. The second-order valence-electron chi connectivity index (χ2n) is 7.01. The van der Waals surface area contributed by atoms with Crippen LogP contribution in [0.4, 0.5) is 30.6 Å². The van der Waals surface area contributed by atoms with Crippen molar-refractivity contribution >= 4 is 32.5 Å². The van der Waals surface area contributed by atoms with Crippen molar-refractivity contribution in [3.8, 4) is 0 Å². The van der Waals surface area contributed by atoms with Gasteiger partial charge in [-0.05, 0) is 57.3 Å². The second-order valence-corrected chi connectivity index (χ2v) is 9.24. The number of aliphatic hydroxyl groups is 1. The number of nitrogens with one attached hydrogen (secondary N) is 2. The summed E-state index contributed by atoms with van der Waals surface area (Å²) < 4.78 is 52.0. The number of anilines is 3. The van der Waals surface area contributed by atoms with E-state index in [0.29, 0.717) is 16.8 Å². The maximum Gasteiger partial charge on any atom is 0.421 e. The van der Waals surface area contributed by atoms with E-state index in [-0.39, 0.29) is 5.95 Å². The summed E-state index contributed by atoms with van der Waals surface area (Å²) in [6, 6.07) is 5.51. The molecule has 1 aromatic carbocycles. The van der Waals surface area contributed by atoms with Gasteiger partial charge in [-0.25, -0.2) is 9.19 Å². The average Bonchev–Trinajstić information content (AvgIpc) is 2.60. The first-order chi connectivity index (χ1) is 13.2. The molecule has 2 rings (SSSR count). The van der Waals surface area contributed by atoms with Gasteiger partial charge < -0.3 is 15.7 Å². The topological polar surface area (TPSA) is 113 Å². The van der Waals surface area contributed by atoms with Gasteiger partial charge in [-0.2, -0.15) is 18.2 Å². The third-order valence-electron chi connectivity index (χ3n) is 4.34. The van der Waals surface area contributed by atoms with Crippen molar-refractivity contribution < 1.29 is 22.5 Å². The molecule has 0 spiro atoms. The molecular formula is C18H24F3N5O2S. The molecule has 0 aliphatic rings. The number of halogens is 3. The Balaban J connectivity index is 2.35. The molecule has 0 amide bonds. The van der Waals surface area contributed by atoms with Crippen LogP contribution >= 0.6 is 0 Å². The Morgan fingerprint density at radius 1 is 1.24 bits per heavy atom. The van der Waals surface area contributed by atoms with E-state index < -0.39 is 38.9 Å². The quantitative estimate of drug-likeness (QED) is 0.523. The van der Waals surface area contributed by atoms with Crippen LogP contribution in [0.3, 0.4) is 0 Å². The minimum atomic E-state index is -4.67. The largest absolute Gasteiger partial charge is 0.421 e. The monoisotopic (exact) mass is 431 g/mol. The van der Waals surface area contributed by atoms with E-state index in [9.17, 15) is 22.5 Å². The highest BCUT2D eigenvalue weighted by Crippen LogP contribution is 2.35. The summed E-state index contributed by atoms with van der Waals surface area (Å²) in [5.41, 5.74) is -1.85. The van der Waals surface area contributed by atoms with Crippen LogP contribution in [-0.4, -0.2) is 36.3 Å². The molecule has 160 valence electrons. The lowest BCUT2D eigenvalue weighted by molar-refractivity contribution is -0.137. The number of hydrogen-bond acceptors (Lipinski definition) is 6. The number of aromatic nitrogens is 2. The second kappa shape index (κ2) is 8.17. The summed E-state index contributed by atoms with van der Waals surface area (Å²) in [5, 5.41) is 22.5. The summed E-state index contributed by atoms with van der Waals surface area (Å²) in [4.78, 5) is 8.07. The molecule has 0 aliphatic carbocycles. The fraction of sp³-hybridized carbons (Fsp3) is 0.389. The zero-order valence-corrected chi connectivity index (χ0v) is 17.2. The van der Waals surface area contributed by atoms with Crippen molar-refractivity contribution in [2.24, 2.45) is 5.14 Å². The average molecular weight is 431 g/mol. The van der Waals surface area contributed by atoms with Gasteiger partial charge in [0.2, 0.25) is 5.95 Å². The van der Waals surface area contributed by atoms with Gasteiger partial charge in [-0.1, -0.05) is 0 Å². The predicted octanol–water partition coefficient (Wildman–Crippen LogP) is 3.15. The number of benzene rings is 1. The maximum absolute atomic E-state index is 13.3. The van der Waals surface area contributed by atoms with Crippen molar-refractivity contribution in [3.05, 3.63) is 36.0 Å². The lowest BCUT2D eigenvalue weighted by atomic mass is 10.0. The summed E-state index contributed by atoms with van der Waals surface area (Å²) in [6.45, 7) is 6.09. The van der Waals surface area contributed by atoms with E-state index in [1.807, 2.05) is 0 Å². The van der Waals surface area contributed by atoms with Crippen LogP contribution < -0.4 is 15.8 Å². The molecule has 1 heterocycles. The number of nitrogens with two attached hydrogens (primary N) is 1. The molecule has 29 heavy (non-hydrogen) atoms. The fourth-order valence-corrected chi connectivity index (χ4v) is 2.99. The number of rotatable bonds is 6. The summed E-state index contributed by atoms with van der Waals surface area (Å²) in [7, 11) is -2.74. The molecule has 2 unspecified atom stereocenters. The smallest absolute Gasteiger partial charge is 0.388 e. The first kappa shape index (κ1) is 22.9. The van der Waals surface area contributed by atoms with Crippen molar-refractivity contribution in [2.45, 2.75) is 50.4 Å². The Morgan fingerprint density at radius 3 is 2.31 bits per heavy atom. The summed E-state index contributed by atoms with van der Waals surface area (Å²) in [5.74, 6) is -0.529. The van der Waals surface area contributed by atoms with Crippen LogP contribution in [0.5, 0.6) is 0 Å². The van der Waals surface area contributed by atoms with Crippen LogP contribution in [-0.2, 0) is 15.9 Å². The van der Waals surface area contributed by atoms with Crippen LogP contribution in [0, 0.1) is 0 Å². The normalized spacial score (nSPS) is 15.3. The van der Waals surface area contributed by atoms with Crippen LogP contribution in [0.2, 0.25) is 0 Å². The number of hydrogen-bond donors (Lipinski definition) is 4. The highest BCUT2D eigenvalue weighted by atomic mass is 32.2. The molecule has 11 heteroatoms. The molecule has 0 saturated heterocycles. The predicted molar refractivity (Wildman–Crippen MR) is 108 cm³/mol.